The monoisotopic (exact) mass is 396 g/mol. The van der Waals surface area contributed by atoms with E-state index < -0.39 is 5.92 Å². The number of fused-ring (bicyclic) bond motifs is 1. The number of aromatic amines is 1. The van der Waals surface area contributed by atoms with Gasteiger partial charge in [0.05, 0.1) is 17.7 Å². The van der Waals surface area contributed by atoms with Gasteiger partial charge in [-0.25, -0.2) is 23.1 Å². The number of hydrogen-bond acceptors (Lipinski definition) is 2. The summed E-state index contributed by atoms with van der Waals surface area (Å²) < 4.78 is 42.9. The van der Waals surface area contributed by atoms with Gasteiger partial charge < -0.3 is 9.55 Å². The van der Waals surface area contributed by atoms with Crippen molar-refractivity contribution in [3.8, 4) is 22.5 Å². The SMILES string of the molecule is Fc1ccc(-c2ncn(C3CCC(F)(F)CC3)c2-c2ccnc3[nH]ccc23)cc1. The van der Waals surface area contributed by atoms with Crippen molar-refractivity contribution in [1.29, 1.82) is 0 Å². The lowest BCUT2D eigenvalue weighted by molar-refractivity contribution is -0.0438. The Balaban J connectivity index is 1.68. The van der Waals surface area contributed by atoms with Gasteiger partial charge in [0.25, 0.3) is 0 Å². The number of aromatic nitrogens is 4. The van der Waals surface area contributed by atoms with E-state index in [9.17, 15) is 13.2 Å². The molecular weight excluding hydrogens is 377 g/mol. The molecule has 3 heterocycles. The molecule has 4 aromatic rings. The van der Waals surface area contributed by atoms with Crippen LogP contribution in [0, 0.1) is 5.82 Å². The number of imidazole rings is 1. The van der Waals surface area contributed by atoms with Gasteiger partial charge in [0.2, 0.25) is 5.92 Å². The molecule has 29 heavy (non-hydrogen) atoms. The van der Waals surface area contributed by atoms with Gasteiger partial charge in [-0.05, 0) is 49.2 Å². The van der Waals surface area contributed by atoms with Gasteiger partial charge in [0.1, 0.15) is 11.5 Å². The highest BCUT2D eigenvalue weighted by molar-refractivity contribution is 5.95. The van der Waals surface area contributed by atoms with Crippen molar-refractivity contribution in [3.63, 3.8) is 0 Å². The van der Waals surface area contributed by atoms with E-state index in [1.807, 2.05) is 22.9 Å². The summed E-state index contributed by atoms with van der Waals surface area (Å²) in [6, 6.07) is 9.97. The molecule has 4 nitrogen and oxygen atoms in total. The minimum absolute atomic E-state index is 0.0616. The summed E-state index contributed by atoms with van der Waals surface area (Å²) in [5.74, 6) is -2.91. The van der Waals surface area contributed by atoms with Crippen LogP contribution in [-0.4, -0.2) is 25.4 Å². The quantitative estimate of drug-likeness (QED) is 0.463. The van der Waals surface area contributed by atoms with E-state index >= 15 is 0 Å². The van der Waals surface area contributed by atoms with Gasteiger partial charge >= 0.3 is 0 Å². The van der Waals surface area contributed by atoms with Gasteiger partial charge in [-0.3, -0.25) is 0 Å². The molecule has 148 valence electrons. The maximum Gasteiger partial charge on any atom is 0.248 e. The van der Waals surface area contributed by atoms with E-state index in [1.165, 1.54) is 12.1 Å². The Hall–Kier alpha value is -3.09. The first-order valence-corrected chi connectivity index (χ1v) is 9.65. The summed E-state index contributed by atoms with van der Waals surface area (Å²) >= 11 is 0. The molecule has 0 unspecified atom stereocenters. The predicted octanol–water partition coefficient (Wildman–Crippen LogP) is 5.98. The lowest BCUT2D eigenvalue weighted by atomic mass is 9.91. The van der Waals surface area contributed by atoms with E-state index in [0.29, 0.717) is 18.5 Å². The molecule has 0 amide bonds. The highest BCUT2D eigenvalue weighted by atomic mass is 19.3. The van der Waals surface area contributed by atoms with Gasteiger partial charge in [-0.15, -0.1) is 0 Å². The van der Waals surface area contributed by atoms with Crippen LogP contribution in [0.15, 0.2) is 55.1 Å². The largest absolute Gasteiger partial charge is 0.346 e. The Morgan fingerprint density at radius 3 is 2.52 bits per heavy atom. The second-order valence-corrected chi connectivity index (χ2v) is 7.54. The molecule has 1 saturated carbocycles. The predicted molar refractivity (Wildman–Crippen MR) is 105 cm³/mol. The van der Waals surface area contributed by atoms with Crippen LogP contribution in [0.4, 0.5) is 13.2 Å². The molecule has 7 heteroatoms. The number of alkyl halides is 2. The molecule has 3 aromatic heterocycles. The fourth-order valence-electron chi connectivity index (χ4n) is 4.19. The summed E-state index contributed by atoms with van der Waals surface area (Å²) in [5.41, 5.74) is 4.00. The fraction of sp³-hybridized carbons (Fsp3) is 0.273. The summed E-state index contributed by atoms with van der Waals surface area (Å²) in [6.07, 6.45) is 5.78. The zero-order valence-electron chi connectivity index (χ0n) is 15.6. The third kappa shape index (κ3) is 3.20. The molecule has 0 atom stereocenters. The number of pyridine rings is 1. The Labute approximate surface area is 165 Å². The van der Waals surface area contributed by atoms with Gasteiger partial charge in [-0.1, -0.05) is 0 Å². The van der Waals surface area contributed by atoms with Crippen molar-refractivity contribution >= 4 is 11.0 Å². The molecule has 1 aliphatic carbocycles. The van der Waals surface area contributed by atoms with Crippen molar-refractivity contribution < 1.29 is 13.2 Å². The fourth-order valence-corrected chi connectivity index (χ4v) is 4.19. The van der Waals surface area contributed by atoms with Gasteiger partial charge in [0.15, 0.2) is 0 Å². The van der Waals surface area contributed by atoms with Gasteiger partial charge in [-0.2, -0.15) is 0 Å². The summed E-state index contributed by atoms with van der Waals surface area (Å²) in [6.45, 7) is 0. The van der Waals surface area contributed by atoms with E-state index in [2.05, 4.69) is 15.0 Å². The summed E-state index contributed by atoms with van der Waals surface area (Å²) in [4.78, 5) is 12.1. The van der Waals surface area contributed by atoms with E-state index in [4.69, 9.17) is 0 Å². The molecule has 1 N–H and O–H groups in total. The molecule has 0 bridgehead atoms. The lowest BCUT2D eigenvalue weighted by Crippen LogP contribution is -2.26. The summed E-state index contributed by atoms with van der Waals surface area (Å²) in [5, 5.41) is 0.929. The van der Waals surface area contributed by atoms with Crippen LogP contribution in [-0.2, 0) is 0 Å². The second kappa shape index (κ2) is 6.76. The molecule has 0 saturated heterocycles. The van der Waals surface area contributed by atoms with Crippen LogP contribution >= 0.6 is 0 Å². The molecular formula is C22H19F3N4. The van der Waals surface area contributed by atoms with E-state index in [0.717, 1.165) is 27.9 Å². The zero-order chi connectivity index (χ0) is 20.0. The van der Waals surface area contributed by atoms with Crippen LogP contribution in [0.1, 0.15) is 31.7 Å². The van der Waals surface area contributed by atoms with E-state index in [-0.39, 0.29) is 24.7 Å². The molecule has 0 spiro atoms. The van der Waals surface area contributed by atoms with Crippen LogP contribution in [0.25, 0.3) is 33.5 Å². The highest BCUT2D eigenvalue weighted by Gasteiger charge is 2.36. The van der Waals surface area contributed by atoms with Crippen LogP contribution in [0.5, 0.6) is 0 Å². The van der Waals surface area contributed by atoms with Crippen LogP contribution < -0.4 is 0 Å². The number of hydrogen-bond donors (Lipinski definition) is 1. The molecule has 0 aliphatic heterocycles. The maximum absolute atomic E-state index is 13.7. The Bertz CT molecular complexity index is 1150. The van der Waals surface area contributed by atoms with Gasteiger partial charge in [0, 0.05) is 47.8 Å². The summed E-state index contributed by atoms with van der Waals surface area (Å²) in [7, 11) is 0. The number of benzene rings is 1. The normalized spacial score (nSPS) is 17.1. The third-order valence-corrected chi connectivity index (χ3v) is 5.71. The van der Waals surface area contributed by atoms with Crippen molar-refractivity contribution in [1.82, 2.24) is 19.5 Å². The first-order valence-electron chi connectivity index (χ1n) is 9.65. The second-order valence-electron chi connectivity index (χ2n) is 7.54. The Morgan fingerprint density at radius 1 is 1.00 bits per heavy atom. The lowest BCUT2D eigenvalue weighted by Gasteiger charge is -2.30. The van der Waals surface area contributed by atoms with Crippen molar-refractivity contribution in [2.45, 2.75) is 37.6 Å². The Kier molecular flexibility index (Phi) is 4.19. The molecule has 1 aliphatic rings. The third-order valence-electron chi connectivity index (χ3n) is 5.71. The highest BCUT2D eigenvalue weighted by Crippen LogP contribution is 2.43. The maximum atomic E-state index is 13.7. The number of nitrogens with zero attached hydrogens (tertiary/aromatic N) is 3. The Morgan fingerprint density at radius 2 is 1.76 bits per heavy atom. The first kappa shape index (κ1) is 18.0. The average molecular weight is 396 g/mol. The standard InChI is InChI=1S/C22H19F3N4/c23-15-3-1-14(2-4-15)19-20(17-7-11-26-21-18(17)8-12-27-21)29(13-28-19)16-5-9-22(24,25)10-6-16/h1-4,7-8,11-13,16H,5-6,9-10H2,(H,26,27). The minimum Gasteiger partial charge on any atom is -0.346 e. The molecule has 1 aromatic carbocycles. The van der Waals surface area contributed by atoms with Crippen molar-refractivity contribution in [2.75, 3.05) is 0 Å². The molecule has 5 rings (SSSR count). The van der Waals surface area contributed by atoms with Crippen LogP contribution in [0.3, 0.4) is 0 Å². The topological polar surface area (TPSA) is 46.5 Å². The first-order chi connectivity index (χ1) is 14.0. The number of halogens is 3. The molecule has 1 fully saturated rings. The van der Waals surface area contributed by atoms with E-state index in [1.54, 1.807) is 24.7 Å². The number of nitrogens with one attached hydrogen (secondary N) is 1. The zero-order valence-corrected chi connectivity index (χ0v) is 15.6. The average Bonchev–Trinajstić information content (AvgIpc) is 3.35. The smallest absolute Gasteiger partial charge is 0.248 e. The van der Waals surface area contributed by atoms with Crippen molar-refractivity contribution in [3.05, 3.63) is 60.9 Å². The van der Waals surface area contributed by atoms with Crippen molar-refractivity contribution in [2.24, 2.45) is 0 Å². The number of H-pyrrole nitrogens is 1. The number of rotatable bonds is 3. The molecule has 0 radical (unpaired) electrons. The van der Waals surface area contributed by atoms with Crippen LogP contribution in [0.2, 0.25) is 0 Å². The minimum atomic E-state index is -2.60.